The molecule has 6 fully saturated rings. The van der Waals surface area contributed by atoms with Gasteiger partial charge in [-0.1, -0.05) is 18.9 Å². The molecule has 4 saturated heterocycles. The van der Waals surface area contributed by atoms with Gasteiger partial charge in [-0.3, -0.25) is 9.59 Å². The molecule has 4 N–H and O–H groups in total. The number of nitrogens with one attached hydrogen (secondary N) is 2. The van der Waals surface area contributed by atoms with Gasteiger partial charge in [0.05, 0.1) is 37.8 Å². The monoisotopic (exact) mass is 746 g/mol. The zero-order valence-electron chi connectivity index (χ0n) is 29.8. The molecule has 2 saturated carbocycles. The molecule has 1 unspecified atom stereocenters. The number of ketones is 1. The van der Waals surface area contributed by atoms with Gasteiger partial charge < -0.3 is 44.5 Å². The number of carbonyl (C=O) groups excluding carboxylic acids is 6. The molecule has 7 aliphatic rings. The molecule has 0 aromatic carbocycles. The zero-order valence-corrected chi connectivity index (χ0v) is 30.6. The molecule has 4 heterocycles. The van der Waals surface area contributed by atoms with Gasteiger partial charge in [0.25, 0.3) is 0 Å². The lowest BCUT2D eigenvalue weighted by Gasteiger charge is -2.67. The van der Waals surface area contributed by atoms with Crippen molar-refractivity contribution in [3.05, 3.63) is 23.0 Å². The van der Waals surface area contributed by atoms with E-state index in [0.717, 1.165) is 25.7 Å². The number of aliphatic hydroxyl groups excluding tert-OH is 2. The standard InChI is InChI=1S/C36H46N2O13S/c1-15(2)10-23(41)51-27-29-35-14-48-36(29,32(45)47-5)30(43)25(42)28(35)34(4)12-19(39)26(16(3)17(34)11-21(35)49-31(27)44)50-22(40)9-7-6-8-20-24-18(13-52-20)37-33(46)38-24/h10,17-18,20-21,24-25,27-30,42-43H,6-9,11-14H2,1-5H3,(H2,37,38,46)/t17-,18-,20-,21+,24-,25+,27+,28?,29+,30-,34-,35+,36-/m0/s1. The van der Waals surface area contributed by atoms with E-state index in [2.05, 4.69) is 10.6 Å². The maximum atomic E-state index is 13.9. The van der Waals surface area contributed by atoms with Crippen LogP contribution in [0.25, 0.3) is 0 Å². The van der Waals surface area contributed by atoms with Gasteiger partial charge in [0.1, 0.15) is 12.2 Å². The van der Waals surface area contributed by atoms with Gasteiger partial charge in [0.2, 0.25) is 11.7 Å². The summed E-state index contributed by atoms with van der Waals surface area (Å²) in [4.78, 5) is 79.0. The van der Waals surface area contributed by atoms with Crippen molar-refractivity contribution in [1.82, 2.24) is 10.6 Å². The predicted octanol–water partition coefficient (Wildman–Crippen LogP) is 1.23. The van der Waals surface area contributed by atoms with Crippen molar-refractivity contribution >= 4 is 47.5 Å². The van der Waals surface area contributed by atoms with Gasteiger partial charge in [0.15, 0.2) is 11.5 Å². The molecule has 16 heteroatoms. The molecule has 0 aromatic rings. The first-order valence-corrected chi connectivity index (χ1v) is 18.9. The minimum absolute atomic E-state index is 0.0691. The summed E-state index contributed by atoms with van der Waals surface area (Å²) in [6, 6.07) is 0.0315. The Bertz CT molecular complexity index is 1660. The van der Waals surface area contributed by atoms with Crippen LogP contribution in [-0.2, 0) is 47.7 Å². The van der Waals surface area contributed by atoms with Gasteiger partial charge in [-0.05, 0) is 56.9 Å². The van der Waals surface area contributed by atoms with E-state index in [1.165, 1.54) is 6.08 Å². The van der Waals surface area contributed by atoms with Crippen LogP contribution >= 0.6 is 11.8 Å². The number of esters is 4. The Morgan fingerprint density at radius 3 is 2.56 bits per heavy atom. The van der Waals surface area contributed by atoms with Crippen LogP contribution in [-0.4, -0.2) is 113 Å². The highest BCUT2D eigenvalue weighted by molar-refractivity contribution is 8.00. The van der Waals surface area contributed by atoms with E-state index in [1.54, 1.807) is 39.5 Å². The van der Waals surface area contributed by atoms with Gasteiger partial charge in [-0.25, -0.2) is 19.2 Å². The molecule has 2 amide bonds. The molecule has 1 spiro atoms. The maximum Gasteiger partial charge on any atom is 0.348 e. The molecule has 284 valence electrons. The molecule has 3 aliphatic carbocycles. The highest BCUT2D eigenvalue weighted by atomic mass is 32.2. The maximum absolute atomic E-state index is 13.9. The fourth-order valence-electron chi connectivity index (χ4n) is 10.8. The Kier molecular flexibility index (Phi) is 9.31. The Morgan fingerprint density at radius 1 is 1.10 bits per heavy atom. The normalized spacial score (nSPS) is 42.6. The molecule has 4 aliphatic heterocycles. The van der Waals surface area contributed by atoms with E-state index in [9.17, 15) is 39.0 Å². The largest absolute Gasteiger partial charge is 0.467 e. The number of urea groups is 1. The number of carbonyl (C=O) groups is 6. The van der Waals surface area contributed by atoms with Crippen LogP contribution in [0.2, 0.25) is 0 Å². The second-order valence-electron chi connectivity index (χ2n) is 15.8. The summed E-state index contributed by atoms with van der Waals surface area (Å²) in [7, 11) is 1.09. The molecule has 7 rings (SSSR count). The number of aliphatic hydroxyl groups is 2. The zero-order chi connectivity index (χ0) is 37.5. The first-order chi connectivity index (χ1) is 24.6. The minimum atomic E-state index is -2.27. The van der Waals surface area contributed by atoms with Crippen LogP contribution in [0.1, 0.15) is 66.2 Å². The number of amides is 2. The average Bonchev–Trinajstić information content (AvgIpc) is 3.73. The molecule has 52 heavy (non-hydrogen) atoms. The molecule has 15 nitrogen and oxygen atoms in total. The van der Waals surface area contributed by atoms with Gasteiger partial charge >= 0.3 is 29.9 Å². The molecular formula is C36H46N2O13S. The molecule has 0 aromatic heterocycles. The second-order valence-corrected chi connectivity index (χ2v) is 17.1. The average molecular weight is 747 g/mol. The highest BCUT2D eigenvalue weighted by Gasteiger charge is 2.85. The number of ether oxygens (including phenoxy) is 5. The topological polar surface area (TPSA) is 213 Å². The van der Waals surface area contributed by atoms with Crippen molar-refractivity contribution in [1.29, 1.82) is 0 Å². The van der Waals surface area contributed by atoms with Crippen LogP contribution in [0.5, 0.6) is 0 Å². The SMILES string of the molecule is COC(=O)[C@@]12OC[C@]34C([C@@H](O)[C@@H]1O)[C@@]1(C)CC(=O)C(OC(=O)CCCC[C@@H]5SC[C@@H]6NC(=O)N[C@@H]65)=C(C)[C@@H]1C[C@H]3OC(=O)[C@H](OC(=O)C=C(C)C)[C@@H]24. The van der Waals surface area contributed by atoms with Crippen LogP contribution < -0.4 is 10.6 Å². The number of rotatable bonds is 9. The molecule has 2 bridgehead atoms. The van der Waals surface area contributed by atoms with Crippen LogP contribution in [0.3, 0.4) is 0 Å². The Morgan fingerprint density at radius 2 is 1.85 bits per heavy atom. The predicted molar refractivity (Wildman–Crippen MR) is 180 cm³/mol. The van der Waals surface area contributed by atoms with E-state index in [-0.39, 0.29) is 55.0 Å². The first-order valence-electron chi connectivity index (χ1n) is 17.9. The van der Waals surface area contributed by atoms with Crippen LogP contribution in [0.15, 0.2) is 23.0 Å². The third-order valence-electron chi connectivity index (χ3n) is 12.7. The summed E-state index contributed by atoms with van der Waals surface area (Å²) < 4.78 is 28.7. The van der Waals surface area contributed by atoms with Crippen molar-refractivity contribution < 1.29 is 62.7 Å². The quantitative estimate of drug-likeness (QED) is 0.0860. The highest BCUT2D eigenvalue weighted by Crippen LogP contribution is 2.73. The lowest BCUT2D eigenvalue weighted by atomic mass is 9.38. The number of methoxy groups -OCH3 is 1. The Labute approximate surface area is 304 Å². The number of allylic oxidation sites excluding steroid dienone is 3. The summed E-state index contributed by atoms with van der Waals surface area (Å²) >= 11 is 1.79. The Hall–Kier alpha value is -3.47. The number of fused-ring (bicyclic) bond motifs is 3. The third-order valence-corrected chi connectivity index (χ3v) is 14.2. The Balaban J connectivity index is 1.14. The van der Waals surface area contributed by atoms with E-state index in [4.69, 9.17) is 23.7 Å². The van der Waals surface area contributed by atoms with Crippen LogP contribution in [0.4, 0.5) is 4.79 Å². The van der Waals surface area contributed by atoms with Gasteiger partial charge in [-0.15, -0.1) is 0 Å². The fourth-order valence-corrected chi connectivity index (χ4v) is 12.3. The summed E-state index contributed by atoms with van der Waals surface area (Å²) in [5.41, 5.74) is -3.69. The van der Waals surface area contributed by atoms with E-state index >= 15 is 0 Å². The van der Waals surface area contributed by atoms with Crippen LogP contribution in [0, 0.1) is 28.6 Å². The first kappa shape index (κ1) is 36.9. The fraction of sp³-hybridized carbons (Fsp3) is 0.722. The molecular weight excluding hydrogens is 700 g/mol. The summed E-state index contributed by atoms with van der Waals surface area (Å²) in [6.07, 6.45) is -2.97. The number of unbranched alkanes of at least 4 members (excludes halogenated alkanes) is 1. The summed E-state index contributed by atoms with van der Waals surface area (Å²) in [5.74, 6) is -5.97. The second kappa shape index (κ2) is 13.1. The number of hydrogen-bond acceptors (Lipinski definition) is 14. The van der Waals surface area contributed by atoms with E-state index in [1.807, 2.05) is 0 Å². The molecule has 0 radical (unpaired) electrons. The van der Waals surface area contributed by atoms with Crippen molar-refractivity contribution in [3.8, 4) is 0 Å². The van der Waals surface area contributed by atoms with Crippen molar-refractivity contribution in [2.24, 2.45) is 28.6 Å². The lowest BCUT2D eigenvalue weighted by Crippen LogP contribution is -2.79. The third kappa shape index (κ3) is 5.33. The van der Waals surface area contributed by atoms with Crippen molar-refractivity contribution in [3.63, 3.8) is 0 Å². The van der Waals surface area contributed by atoms with Gasteiger partial charge in [-0.2, -0.15) is 11.8 Å². The number of hydrogen-bond donors (Lipinski definition) is 4. The number of thioether (sulfide) groups is 1. The number of Topliss-reactive ketones (excluding diaryl/α,β-unsaturated/α-hetero) is 1. The van der Waals surface area contributed by atoms with Gasteiger partial charge in [0, 0.05) is 41.3 Å². The smallest absolute Gasteiger partial charge is 0.348 e. The lowest BCUT2D eigenvalue weighted by molar-refractivity contribution is -0.290. The minimum Gasteiger partial charge on any atom is -0.467 e. The van der Waals surface area contributed by atoms with E-state index in [0.29, 0.717) is 17.6 Å². The van der Waals surface area contributed by atoms with E-state index < -0.39 is 88.3 Å². The summed E-state index contributed by atoms with van der Waals surface area (Å²) in [5, 5.41) is 29.9. The molecule has 13 atom stereocenters. The van der Waals surface area contributed by atoms with Crippen molar-refractivity contribution in [2.45, 2.75) is 114 Å². The van der Waals surface area contributed by atoms with Crippen molar-refractivity contribution in [2.75, 3.05) is 19.5 Å². The summed E-state index contributed by atoms with van der Waals surface area (Å²) in [6.45, 7) is 6.56.